The van der Waals surface area contributed by atoms with Crippen molar-refractivity contribution in [1.82, 2.24) is 0 Å². The van der Waals surface area contributed by atoms with E-state index in [2.05, 4.69) is 244 Å². The van der Waals surface area contributed by atoms with Gasteiger partial charge in [-0.1, -0.05) is 166 Å². The number of anilines is 4. The van der Waals surface area contributed by atoms with Gasteiger partial charge in [-0.3, -0.25) is 0 Å². The van der Waals surface area contributed by atoms with Crippen LogP contribution in [0.1, 0.15) is 99.6 Å². The van der Waals surface area contributed by atoms with Crippen LogP contribution < -0.4 is 9.80 Å². The molecule has 6 aliphatic rings. The Balaban J connectivity index is 0.904. The van der Waals surface area contributed by atoms with Gasteiger partial charge in [0.1, 0.15) is 0 Å². The molecule has 11 aromatic carbocycles. The van der Waals surface area contributed by atoms with Crippen molar-refractivity contribution < 1.29 is 0 Å². The second-order valence-corrected chi connectivity index (χ2v) is 24.2. The van der Waals surface area contributed by atoms with Crippen molar-refractivity contribution in [2.45, 2.75) is 93.5 Å². The molecule has 0 radical (unpaired) electrons. The van der Waals surface area contributed by atoms with E-state index in [9.17, 15) is 0 Å². The molecule has 2 nitrogen and oxygen atoms in total. The molecule has 0 saturated heterocycles. The molecule has 2 saturated carbocycles. The molecule has 4 aliphatic carbocycles. The Morgan fingerprint density at radius 1 is 0.333 bits per heavy atom. The van der Waals surface area contributed by atoms with Gasteiger partial charge in [0.05, 0.1) is 16.5 Å². The maximum Gasteiger partial charge on any atom is 0.0726 e. The molecular formula is C73H58N2. The summed E-state index contributed by atoms with van der Waals surface area (Å²) in [7, 11) is 0. The SMILES string of the molecule is CC12CCCC1(C)N(c1ccccc1)c1ccc(-c3ccc4c(c3)C3(c5cc(-c6ccc7c(c6)C6(C)CCCC6(C)N7c6ccccc6)ccc5-4)c4ccccc4-c4c3cc3ccc5cccc6ccc4c3c56)cc12. The Kier molecular flexibility index (Phi) is 8.06. The monoisotopic (exact) mass is 962 g/mol. The lowest BCUT2D eigenvalue weighted by Crippen LogP contribution is -2.48. The molecular weight excluding hydrogens is 905 g/mol. The van der Waals surface area contributed by atoms with Gasteiger partial charge < -0.3 is 9.80 Å². The summed E-state index contributed by atoms with van der Waals surface area (Å²) >= 11 is 0. The predicted octanol–water partition coefficient (Wildman–Crippen LogP) is 19.0. The normalized spacial score (nSPS) is 25.2. The zero-order valence-electron chi connectivity index (χ0n) is 43.3. The maximum atomic E-state index is 2.68. The smallest absolute Gasteiger partial charge is 0.0726 e. The van der Waals surface area contributed by atoms with Gasteiger partial charge in [0, 0.05) is 33.6 Å². The van der Waals surface area contributed by atoms with E-state index in [1.54, 1.807) is 0 Å². The van der Waals surface area contributed by atoms with E-state index >= 15 is 0 Å². The summed E-state index contributed by atoms with van der Waals surface area (Å²) in [6.07, 6.45) is 7.22. The van der Waals surface area contributed by atoms with Crippen LogP contribution in [0.3, 0.4) is 0 Å². The topological polar surface area (TPSA) is 6.48 Å². The van der Waals surface area contributed by atoms with E-state index in [4.69, 9.17) is 0 Å². The average molecular weight is 963 g/mol. The fourth-order valence-electron chi connectivity index (χ4n) is 17.3. The highest BCUT2D eigenvalue weighted by atomic mass is 15.3. The van der Waals surface area contributed by atoms with Crippen LogP contribution in [-0.4, -0.2) is 11.1 Å². The number of para-hydroxylation sites is 2. The van der Waals surface area contributed by atoms with Crippen molar-refractivity contribution in [3.8, 4) is 44.5 Å². The van der Waals surface area contributed by atoms with E-state index in [0.717, 1.165) is 0 Å². The molecule has 75 heavy (non-hydrogen) atoms. The third-order valence-electron chi connectivity index (χ3n) is 21.2. The summed E-state index contributed by atoms with van der Waals surface area (Å²) < 4.78 is 0. The molecule has 0 aromatic heterocycles. The minimum absolute atomic E-state index is 0.00606. The summed E-state index contributed by atoms with van der Waals surface area (Å²) in [5.41, 5.74) is 23.9. The third kappa shape index (κ3) is 4.99. The molecule has 1 spiro atoms. The maximum absolute atomic E-state index is 2.68. The van der Waals surface area contributed by atoms with Gasteiger partial charge in [-0.05, 0) is 216 Å². The van der Waals surface area contributed by atoms with Crippen LogP contribution in [0.5, 0.6) is 0 Å². The third-order valence-corrected chi connectivity index (χ3v) is 21.2. The van der Waals surface area contributed by atoms with E-state index in [0.29, 0.717) is 0 Å². The molecule has 0 bridgehead atoms. The Morgan fingerprint density at radius 3 is 1.37 bits per heavy atom. The Hall–Kier alpha value is -7.94. The van der Waals surface area contributed by atoms with Crippen molar-refractivity contribution >= 4 is 55.1 Å². The summed E-state index contributed by atoms with van der Waals surface area (Å²) in [5.74, 6) is 0. The summed E-state index contributed by atoms with van der Waals surface area (Å²) in [6, 6.07) is 80.6. The second-order valence-electron chi connectivity index (χ2n) is 24.2. The molecule has 4 unspecified atom stereocenters. The van der Waals surface area contributed by atoms with E-state index in [1.165, 1.54) is 171 Å². The van der Waals surface area contributed by atoms with Crippen molar-refractivity contribution in [2.75, 3.05) is 9.80 Å². The molecule has 0 N–H and O–H groups in total. The highest BCUT2D eigenvalue weighted by molar-refractivity contribution is 6.27. The minimum Gasteiger partial charge on any atom is -0.334 e. The lowest BCUT2D eigenvalue weighted by atomic mass is 9.69. The molecule has 0 amide bonds. The zero-order valence-corrected chi connectivity index (χ0v) is 43.3. The van der Waals surface area contributed by atoms with Crippen LogP contribution in [0.25, 0.3) is 76.8 Å². The first-order valence-corrected chi connectivity index (χ1v) is 27.7. The first kappa shape index (κ1) is 42.4. The Bertz CT molecular complexity index is 4090. The largest absolute Gasteiger partial charge is 0.334 e. The minimum atomic E-state index is -0.555. The lowest BCUT2D eigenvalue weighted by Gasteiger charge is -2.42. The first-order chi connectivity index (χ1) is 36.6. The summed E-state index contributed by atoms with van der Waals surface area (Å²) in [6.45, 7) is 10.1. The molecule has 17 rings (SSSR count). The van der Waals surface area contributed by atoms with Crippen molar-refractivity contribution in [2.24, 2.45) is 0 Å². The number of benzene rings is 11. The van der Waals surface area contributed by atoms with Gasteiger partial charge >= 0.3 is 0 Å². The zero-order chi connectivity index (χ0) is 49.8. The number of fused-ring (bicyclic) bond motifs is 17. The van der Waals surface area contributed by atoms with Gasteiger partial charge in [-0.15, -0.1) is 0 Å². The van der Waals surface area contributed by atoms with Crippen LogP contribution in [0.15, 0.2) is 206 Å². The molecule has 4 atom stereocenters. The fraction of sp³-hybridized carbons (Fsp3) is 0.205. The highest BCUT2D eigenvalue weighted by Crippen LogP contribution is 2.67. The highest BCUT2D eigenvalue weighted by Gasteiger charge is 2.61. The first-order valence-electron chi connectivity index (χ1n) is 27.7. The fourth-order valence-corrected chi connectivity index (χ4v) is 17.3. The van der Waals surface area contributed by atoms with Crippen molar-refractivity contribution in [3.63, 3.8) is 0 Å². The Morgan fingerprint density at radius 2 is 0.813 bits per heavy atom. The van der Waals surface area contributed by atoms with Crippen molar-refractivity contribution in [1.29, 1.82) is 0 Å². The molecule has 2 aliphatic heterocycles. The van der Waals surface area contributed by atoms with Gasteiger partial charge in [-0.2, -0.15) is 0 Å². The standard InChI is InChI=1S/C73H58N2/c1-69-36-14-38-71(69,3)74(52-18-7-5-8-19-52)64-34-29-49(42-61(64)69)47-27-31-54-55-32-28-48(50-30-35-65-62(43-50)70(2)37-15-39-72(70,4)75(65)53-20-9-6-10-21-53)41-60(55)73(59(54)40-47)58-23-12-11-22-56(58)68-57-33-26-46-17-13-16-45-24-25-51(44-63(68)73)67(57)66(45)46/h5-13,16-35,40-44H,14-15,36-39H2,1-4H3. The molecule has 2 heteroatoms. The summed E-state index contributed by atoms with van der Waals surface area (Å²) in [4.78, 5) is 5.36. The number of hydrogen-bond acceptors (Lipinski definition) is 2. The van der Waals surface area contributed by atoms with Crippen LogP contribution in [0, 0.1) is 0 Å². The van der Waals surface area contributed by atoms with Crippen molar-refractivity contribution in [3.05, 3.63) is 240 Å². The predicted molar refractivity (Wildman–Crippen MR) is 314 cm³/mol. The van der Waals surface area contributed by atoms with Crippen LogP contribution in [0.2, 0.25) is 0 Å². The molecule has 360 valence electrons. The summed E-state index contributed by atoms with van der Waals surface area (Å²) in [5, 5.41) is 8.02. The Labute approximate surface area is 440 Å². The number of rotatable bonds is 4. The quantitative estimate of drug-likeness (QED) is 0.162. The average Bonchev–Trinajstić information content (AvgIpc) is 4.42. The van der Waals surface area contributed by atoms with Crippen LogP contribution in [0.4, 0.5) is 22.7 Å². The van der Waals surface area contributed by atoms with Gasteiger partial charge in [0.15, 0.2) is 0 Å². The van der Waals surface area contributed by atoms with Gasteiger partial charge in [0.2, 0.25) is 0 Å². The van der Waals surface area contributed by atoms with E-state index in [1.807, 2.05) is 0 Å². The van der Waals surface area contributed by atoms with Gasteiger partial charge in [-0.25, -0.2) is 0 Å². The second kappa shape index (κ2) is 14.3. The van der Waals surface area contributed by atoms with Gasteiger partial charge in [0.25, 0.3) is 0 Å². The molecule has 2 fully saturated rings. The molecule has 2 heterocycles. The number of nitrogens with zero attached hydrogens (tertiary/aromatic N) is 2. The van der Waals surface area contributed by atoms with Crippen LogP contribution in [-0.2, 0) is 16.2 Å². The molecule has 11 aromatic rings. The number of hydrogen-bond donors (Lipinski definition) is 0. The van der Waals surface area contributed by atoms with E-state index < -0.39 is 5.41 Å². The van der Waals surface area contributed by atoms with Crippen LogP contribution >= 0.6 is 0 Å². The lowest BCUT2D eigenvalue weighted by molar-refractivity contribution is 0.330. The van der Waals surface area contributed by atoms with E-state index in [-0.39, 0.29) is 21.9 Å².